The lowest BCUT2D eigenvalue weighted by atomic mass is 9.92. The molecule has 2 amide bonds. The Balaban J connectivity index is 1.25. The second kappa shape index (κ2) is 14.2. The standard InChI is InChI=1S/C32H33N5O6/c38-28(33-24-15-7-9-17-26(24)42-20-22-11-3-1-4-12-22)19-37-30(35-29(36-37)32(40)41)31(39)34-25-16-8-10-18-27(25)43-21-23-13-5-2-6-14-23/h1-6,8,10-14,16,18,24,26H,7,9,15,17,19-21H2,(H,33,38)(H,34,39)(H,40,41)/t24-,26-/m0/s1. The normalized spacial score (nSPS) is 16.3. The molecule has 222 valence electrons. The number of carbonyl (C=O) groups excluding carboxylic acids is 2. The van der Waals surface area contributed by atoms with Gasteiger partial charge in [0.15, 0.2) is 0 Å². The highest BCUT2D eigenvalue weighted by Gasteiger charge is 2.29. The Labute approximate surface area is 248 Å². The van der Waals surface area contributed by atoms with E-state index >= 15 is 0 Å². The van der Waals surface area contributed by atoms with Crippen LogP contribution in [0.1, 0.15) is 58.0 Å². The number of amides is 2. The fraction of sp³-hybridized carbons (Fsp3) is 0.281. The maximum Gasteiger partial charge on any atom is 0.375 e. The average molecular weight is 584 g/mol. The van der Waals surface area contributed by atoms with Crippen LogP contribution in [0.5, 0.6) is 5.75 Å². The molecule has 0 bridgehead atoms. The molecule has 4 aromatic rings. The number of rotatable bonds is 12. The molecule has 43 heavy (non-hydrogen) atoms. The molecule has 0 aliphatic heterocycles. The highest BCUT2D eigenvalue weighted by atomic mass is 16.5. The first-order valence-electron chi connectivity index (χ1n) is 14.2. The second-order valence-electron chi connectivity index (χ2n) is 10.2. The van der Waals surface area contributed by atoms with Crippen molar-refractivity contribution in [2.75, 3.05) is 5.32 Å². The first kappa shape index (κ1) is 29.5. The lowest BCUT2D eigenvalue weighted by Crippen LogP contribution is -2.47. The van der Waals surface area contributed by atoms with Gasteiger partial charge in [0, 0.05) is 0 Å². The monoisotopic (exact) mass is 583 g/mol. The molecule has 0 radical (unpaired) electrons. The summed E-state index contributed by atoms with van der Waals surface area (Å²) in [4.78, 5) is 42.0. The van der Waals surface area contributed by atoms with Crippen molar-refractivity contribution in [3.63, 3.8) is 0 Å². The maximum atomic E-state index is 13.3. The zero-order valence-corrected chi connectivity index (χ0v) is 23.5. The number of hydrogen-bond acceptors (Lipinski definition) is 7. The van der Waals surface area contributed by atoms with Gasteiger partial charge in [-0.1, -0.05) is 85.6 Å². The fourth-order valence-electron chi connectivity index (χ4n) is 4.95. The molecule has 1 saturated carbocycles. The minimum atomic E-state index is -1.42. The number of anilines is 1. The number of ether oxygens (including phenoxy) is 2. The van der Waals surface area contributed by atoms with Crippen LogP contribution in [-0.2, 0) is 29.3 Å². The van der Waals surface area contributed by atoms with E-state index in [4.69, 9.17) is 9.47 Å². The number of benzene rings is 3. The van der Waals surface area contributed by atoms with Crippen LogP contribution < -0.4 is 15.4 Å². The number of carbonyl (C=O) groups is 3. The molecule has 2 atom stereocenters. The molecule has 1 aromatic heterocycles. The van der Waals surface area contributed by atoms with E-state index in [1.54, 1.807) is 24.3 Å². The van der Waals surface area contributed by atoms with Crippen molar-refractivity contribution >= 4 is 23.5 Å². The maximum absolute atomic E-state index is 13.3. The van der Waals surface area contributed by atoms with E-state index in [1.165, 1.54) is 0 Å². The molecule has 0 spiro atoms. The van der Waals surface area contributed by atoms with Crippen molar-refractivity contribution in [3.8, 4) is 5.75 Å². The summed E-state index contributed by atoms with van der Waals surface area (Å²) in [7, 11) is 0. The van der Waals surface area contributed by atoms with E-state index < -0.39 is 30.2 Å². The lowest BCUT2D eigenvalue weighted by Gasteiger charge is -2.32. The summed E-state index contributed by atoms with van der Waals surface area (Å²) in [6.45, 7) is 0.325. The Morgan fingerprint density at radius 2 is 1.51 bits per heavy atom. The fourth-order valence-corrected chi connectivity index (χ4v) is 4.95. The molecule has 5 rings (SSSR count). The van der Waals surface area contributed by atoms with E-state index in [-0.39, 0.29) is 24.6 Å². The third kappa shape index (κ3) is 8.04. The number of hydrogen-bond donors (Lipinski definition) is 3. The first-order valence-corrected chi connectivity index (χ1v) is 14.2. The quantitative estimate of drug-likeness (QED) is 0.222. The zero-order chi connectivity index (χ0) is 30.0. The van der Waals surface area contributed by atoms with Gasteiger partial charge < -0.3 is 25.2 Å². The van der Waals surface area contributed by atoms with Crippen LogP contribution in [0.25, 0.3) is 0 Å². The number of carboxylic acid groups (broad SMARTS) is 1. The van der Waals surface area contributed by atoms with Crippen molar-refractivity contribution < 1.29 is 29.0 Å². The van der Waals surface area contributed by atoms with Crippen molar-refractivity contribution in [2.24, 2.45) is 0 Å². The summed E-state index contributed by atoms with van der Waals surface area (Å²) in [5.74, 6) is -3.06. The largest absolute Gasteiger partial charge is 0.487 e. The highest BCUT2D eigenvalue weighted by molar-refractivity contribution is 6.03. The van der Waals surface area contributed by atoms with E-state index in [2.05, 4.69) is 20.7 Å². The summed E-state index contributed by atoms with van der Waals surface area (Å²) in [5.41, 5.74) is 2.36. The zero-order valence-electron chi connectivity index (χ0n) is 23.5. The van der Waals surface area contributed by atoms with Crippen LogP contribution in [0.3, 0.4) is 0 Å². The molecule has 11 heteroatoms. The molecule has 3 N–H and O–H groups in total. The molecule has 1 aliphatic carbocycles. The van der Waals surface area contributed by atoms with Crippen molar-refractivity contribution in [1.29, 1.82) is 0 Å². The van der Waals surface area contributed by atoms with E-state index in [9.17, 15) is 19.5 Å². The molecule has 3 aromatic carbocycles. The third-order valence-electron chi connectivity index (χ3n) is 7.09. The number of aromatic carboxylic acids is 1. The summed E-state index contributed by atoms with van der Waals surface area (Å²) in [6, 6.07) is 26.0. The predicted octanol–water partition coefficient (Wildman–Crippen LogP) is 4.45. The molecule has 0 unspecified atom stereocenters. The average Bonchev–Trinajstić information content (AvgIpc) is 3.45. The molecule has 11 nitrogen and oxygen atoms in total. The molecule has 1 aliphatic rings. The summed E-state index contributed by atoms with van der Waals surface area (Å²) in [5, 5.41) is 19.1. The van der Waals surface area contributed by atoms with Crippen LogP contribution in [0.15, 0.2) is 84.9 Å². The van der Waals surface area contributed by atoms with Crippen LogP contribution in [0.4, 0.5) is 5.69 Å². The van der Waals surface area contributed by atoms with E-state index in [0.29, 0.717) is 18.0 Å². The van der Waals surface area contributed by atoms with Crippen LogP contribution in [0.2, 0.25) is 0 Å². The van der Waals surface area contributed by atoms with Gasteiger partial charge in [0.25, 0.3) is 11.7 Å². The highest BCUT2D eigenvalue weighted by Crippen LogP contribution is 2.26. The van der Waals surface area contributed by atoms with E-state index in [1.807, 2.05) is 60.7 Å². The first-order chi connectivity index (χ1) is 21.0. The molecule has 1 heterocycles. The van der Waals surface area contributed by atoms with Gasteiger partial charge in [0.2, 0.25) is 11.7 Å². The third-order valence-corrected chi connectivity index (χ3v) is 7.09. The second-order valence-corrected chi connectivity index (χ2v) is 10.2. The van der Waals surface area contributed by atoms with Gasteiger partial charge in [-0.25, -0.2) is 9.48 Å². The van der Waals surface area contributed by atoms with E-state index in [0.717, 1.165) is 41.5 Å². The van der Waals surface area contributed by atoms with Crippen LogP contribution >= 0.6 is 0 Å². The number of carboxylic acids is 1. The number of aromatic nitrogens is 3. The minimum Gasteiger partial charge on any atom is -0.487 e. The SMILES string of the molecule is O=C(Cn1nc(C(=O)O)nc1C(=O)Nc1ccccc1OCc1ccccc1)N[C@H]1CCCC[C@@H]1OCc1ccccc1. The van der Waals surface area contributed by atoms with Gasteiger partial charge in [-0.05, 0) is 36.1 Å². The Kier molecular flexibility index (Phi) is 9.75. The topological polar surface area (TPSA) is 145 Å². The van der Waals surface area contributed by atoms with Crippen LogP contribution in [-0.4, -0.2) is 49.8 Å². The minimum absolute atomic E-state index is 0.168. The predicted molar refractivity (Wildman–Crippen MR) is 158 cm³/mol. The van der Waals surface area contributed by atoms with Crippen LogP contribution in [0, 0.1) is 0 Å². The summed E-state index contributed by atoms with van der Waals surface area (Å²) < 4.78 is 13.1. The Hall–Kier alpha value is -5.03. The van der Waals surface area contributed by atoms with Crippen molar-refractivity contribution in [2.45, 2.75) is 57.6 Å². The molecule has 0 saturated heterocycles. The van der Waals surface area contributed by atoms with Crippen molar-refractivity contribution in [1.82, 2.24) is 20.1 Å². The van der Waals surface area contributed by atoms with Gasteiger partial charge in [-0.15, -0.1) is 5.10 Å². The van der Waals surface area contributed by atoms with Gasteiger partial charge in [-0.2, -0.15) is 4.98 Å². The molecular weight excluding hydrogens is 550 g/mol. The Bertz CT molecular complexity index is 1540. The lowest BCUT2D eigenvalue weighted by molar-refractivity contribution is -0.124. The smallest absolute Gasteiger partial charge is 0.375 e. The summed E-state index contributed by atoms with van der Waals surface area (Å²) >= 11 is 0. The van der Waals surface area contributed by atoms with Crippen molar-refractivity contribution in [3.05, 3.63) is 108 Å². The van der Waals surface area contributed by atoms with Gasteiger partial charge >= 0.3 is 5.97 Å². The number of para-hydroxylation sites is 2. The van der Waals surface area contributed by atoms with Gasteiger partial charge in [-0.3, -0.25) is 9.59 Å². The Morgan fingerprint density at radius 3 is 2.23 bits per heavy atom. The number of nitrogens with zero attached hydrogens (tertiary/aromatic N) is 3. The molecular formula is C32H33N5O6. The number of nitrogens with one attached hydrogen (secondary N) is 2. The van der Waals surface area contributed by atoms with Gasteiger partial charge in [0.05, 0.1) is 24.4 Å². The Morgan fingerprint density at radius 1 is 0.860 bits per heavy atom. The van der Waals surface area contributed by atoms with Gasteiger partial charge in [0.1, 0.15) is 18.9 Å². The molecule has 1 fully saturated rings. The summed E-state index contributed by atoms with van der Waals surface area (Å²) in [6.07, 6.45) is 3.33.